The van der Waals surface area contributed by atoms with Crippen LogP contribution in [0.1, 0.15) is 16.1 Å². The van der Waals surface area contributed by atoms with Crippen molar-refractivity contribution in [1.82, 2.24) is 4.90 Å². The van der Waals surface area contributed by atoms with E-state index < -0.39 is 5.97 Å². The van der Waals surface area contributed by atoms with Crippen molar-refractivity contribution in [1.29, 1.82) is 0 Å². The smallest absolute Gasteiger partial charge is 0.345 e. The lowest BCUT2D eigenvalue weighted by Crippen LogP contribution is -2.22. The Morgan fingerprint density at radius 1 is 1.38 bits per heavy atom. The molecule has 0 fully saturated rings. The van der Waals surface area contributed by atoms with Gasteiger partial charge in [0, 0.05) is 24.7 Å². The zero-order valence-electron chi connectivity index (χ0n) is 9.93. The molecule has 0 atom stereocenters. The normalized spacial score (nSPS) is 10.8. The van der Waals surface area contributed by atoms with Gasteiger partial charge in [-0.2, -0.15) is 0 Å². The van der Waals surface area contributed by atoms with Crippen LogP contribution in [0.4, 0.5) is 5.69 Å². The summed E-state index contributed by atoms with van der Waals surface area (Å²) in [5, 5.41) is 10.7. The molecule has 90 valence electrons. The maximum absolute atomic E-state index is 10.7. The van der Waals surface area contributed by atoms with Gasteiger partial charge in [-0.1, -0.05) is 0 Å². The molecule has 4 nitrogen and oxygen atoms in total. The van der Waals surface area contributed by atoms with E-state index in [0.29, 0.717) is 4.88 Å². The number of carbonyl (C=O) groups is 1. The molecule has 0 spiro atoms. The molecule has 1 N–H and O–H groups in total. The van der Waals surface area contributed by atoms with Crippen molar-refractivity contribution in [2.75, 3.05) is 39.1 Å². The number of hydrogen-bond acceptors (Lipinski definition) is 4. The fourth-order valence-corrected chi connectivity index (χ4v) is 2.18. The standard InChI is InChI=1S/C11H18N2O2S/c1-12(2)5-4-6-13(3)9-7-10(11(14)15)16-8-9/h7-8H,4-6H2,1-3H3,(H,14,15). The molecule has 0 bridgehead atoms. The predicted molar refractivity (Wildman–Crippen MR) is 67.7 cm³/mol. The molecule has 0 aromatic carbocycles. The lowest BCUT2D eigenvalue weighted by molar-refractivity contribution is 0.0702. The summed E-state index contributed by atoms with van der Waals surface area (Å²) in [5.74, 6) is -0.849. The molecule has 0 unspecified atom stereocenters. The Morgan fingerprint density at radius 3 is 2.56 bits per heavy atom. The Kier molecular flexibility index (Phi) is 4.76. The van der Waals surface area contributed by atoms with Gasteiger partial charge < -0.3 is 14.9 Å². The van der Waals surface area contributed by atoms with E-state index >= 15 is 0 Å². The van der Waals surface area contributed by atoms with Crippen LogP contribution in [0.25, 0.3) is 0 Å². The summed E-state index contributed by atoms with van der Waals surface area (Å²) in [6.45, 7) is 1.98. The Hall–Kier alpha value is -1.07. The molecular weight excluding hydrogens is 224 g/mol. The minimum Gasteiger partial charge on any atom is -0.477 e. The van der Waals surface area contributed by atoms with Crippen LogP contribution >= 0.6 is 11.3 Å². The molecule has 0 radical (unpaired) electrons. The molecule has 1 aromatic rings. The molecular formula is C11H18N2O2S. The Morgan fingerprint density at radius 2 is 2.06 bits per heavy atom. The van der Waals surface area contributed by atoms with Crippen molar-refractivity contribution in [2.24, 2.45) is 0 Å². The predicted octanol–water partition coefficient (Wildman–Crippen LogP) is 1.83. The van der Waals surface area contributed by atoms with Crippen LogP contribution in [-0.4, -0.2) is 50.2 Å². The number of anilines is 1. The number of rotatable bonds is 6. The summed E-state index contributed by atoms with van der Waals surface area (Å²) < 4.78 is 0. The highest BCUT2D eigenvalue weighted by molar-refractivity contribution is 7.12. The third-order valence-electron chi connectivity index (χ3n) is 2.34. The molecule has 1 heterocycles. The number of carboxylic acids is 1. The topological polar surface area (TPSA) is 43.8 Å². The number of thiophene rings is 1. The number of aromatic carboxylic acids is 1. The number of carboxylic acid groups (broad SMARTS) is 1. The first-order valence-electron chi connectivity index (χ1n) is 5.18. The first kappa shape index (κ1) is 13.0. The van der Waals surface area contributed by atoms with Crippen molar-refractivity contribution in [2.45, 2.75) is 6.42 Å². The summed E-state index contributed by atoms with van der Waals surface area (Å²) in [4.78, 5) is 15.4. The molecule has 0 amide bonds. The Balaban J connectivity index is 2.46. The number of hydrogen-bond donors (Lipinski definition) is 1. The minimum absolute atomic E-state index is 0.398. The molecule has 0 aliphatic rings. The summed E-state index contributed by atoms with van der Waals surface area (Å²) in [6, 6.07) is 1.72. The zero-order valence-corrected chi connectivity index (χ0v) is 10.8. The Bertz CT molecular complexity index is 350. The van der Waals surface area contributed by atoms with E-state index in [1.165, 1.54) is 11.3 Å². The summed E-state index contributed by atoms with van der Waals surface area (Å²) in [7, 11) is 6.09. The second-order valence-corrected chi connectivity index (χ2v) is 4.96. The first-order valence-corrected chi connectivity index (χ1v) is 6.06. The van der Waals surface area contributed by atoms with Gasteiger partial charge in [0.25, 0.3) is 0 Å². The Labute approximate surface area is 100 Å². The molecule has 0 aliphatic heterocycles. The monoisotopic (exact) mass is 242 g/mol. The number of nitrogens with zero attached hydrogens (tertiary/aromatic N) is 2. The molecule has 0 saturated heterocycles. The second kappa shape index (κ2) is 5.86. The van der Waals surface area contributed by atoms with E-state index in [1.54, 1.807) is 6.07 Å². The molecule has 1 rings (SSSR count). The van der Waals surface area contributed by atoms with Gasteiger partial charge in [0.15, 0.2) is 0 Å². The maximum Gasteiger partial charge on any atom is 0.345 e. The van der Waals surface area contributed by atoms with E-state index in [1.807, 2.05) is 26.5 Å². The van der Waals surface area contributed by atoms with Gasteiger partial charge in [-0.25, -0.2) is 4.79 Å². The lowest BCUT2D eigenvalue weighted by Gasteiger charge is -2.18. The van der Waals surface area contributed by atoms with Gasteiger partial charge >= 0.3 is 5.97 Å². The van der Waals surface area contributed by atoms with Crippen molar-refractivity contribution < 1.29 is 9.90 Å². The van der Waals surface area contributed by atoms with Crippen LogP contribution in [0.3, 0.4) is 0 Å². The van der Waals surface area contributed by atoms with E-state index in [9.17, 15) is 4.79 Å². The third kappa shape index (κ3) is 3.83. The van der Waals surface area contributed by atoms with E-state index in [-0.39, 0.29) is 0 Å². The van der Waals surface area contributed by atoms with Gasteiger partial charge in [0.1, 0.15) is 4.88 Å². The molecule has 16 heavy (non-hydrogen) atoms. The minimum atomic E-state index is -0.849. The fraction of sp³-hybridized carbons (Fsp3) is 0.545. The van der Waals surface area contributed by atoms with Crippen LogP contribution in [0.5, 0.6) is 0 Å². The van der Waals surface area contributed by atoms with Crippen LogP contribution in [0.2, 0.25) is 0 Å². The van der Waals surface area contributed by atoms with Gasteiger partial charge in [0.05, 0.1) is 0 Å². The highest BCUT2D eigenvalue weighted by atomic mass is 32.1. The summed E-state index contributed by atoms with van der Waals surface area (Å²) in [6.07, 6.45) is 1.07. The summed E-state index contributed by atoms with van der Waals surface area (Å²) in [5.41, 5.74) is 0.987. The van der Waals surface area contributed by atoms with E-state index in [4.69, 9.17) is 5.11 Å². The molecule has 1 aromatic heterocycles. The van der Waals surface area contributed by atoms with Crippen molar-refractivity contribution in [3.8, 4) is 0 Å². The van der Waals surface area contributed by atoms with Gasteiger partial charge in [-0.05, 0) is 33.1 Å². The van der Waals surface area contributed by atoms with Crippen molar-refractivity contribution in [3.63, 3.8) is 0 Å². The average molecular weight is 242 g/mol. The second-order valence-electron chi connectivity index (χ2n) is 4.05. The molecule has 0 aliphatic carbocycles. The average Bonchev–Trinajstić information content (AvgIpc) is 2.65. The SMILES string of the molecule is CN(C)CCCN(C)c1csc(C(=O)O)c1. The summed E-state index contributed by atoms with van der Waals surface area (Å²) >= 11 is 1.27. The van der Waals surface area contributed by atoms with Crippen LogP contribution in [0.15, 0.2) is 11.4 Å². The van der Waals surface area contributed by atoms with E-state index in [0.717, 1.165) is 25.2 Å². The zero-order chi connectivity index (χ0) is 12.1. The quantitative estimate of drug-likeness (QED) is 0.826. The van der Waals surface area contributed by atoms with Crippen molar-refractivity contribution in [3.05, 3.63) is 16.3 Å². The van der Waals surface area contributed by atoms with Gasteiger partial charge in [-0.3, -0.25) is 0 Å². The van der Waals surface area contributed by atoms with Crippen LogP contribution in [0, 0.1) is 0 Å². The lowest BCUT2D eigenvalue weighted by atomic mass is 10.3. The van der Waals surface area contributed by atoms with Crippen LogP contribution < -0.4 is 4.90 Å². The highest BCUT2D eigenvalue weighted by Gasteiger charge is 2.09. The van der Waals surface area contributed by atoms with Gasteiger partial charge in [0.2, 0.25) is 0 Å². The maximum atomic E-state index is 10.7. The largest absolute Gasteiger partial charge is 0.477 e. The molecule has 5 heteroatoms. The van der Waals surface area contributed by atoms with Crippen LogP contribution in [-0.2, 0) is 0 Å². The van der Waals surface area contributed by atoms with Crippen molar-refractivity contribution >= 4 is 23.0 Å². The highest BCUT2D eigenvalue weighted by Crippen LogP contribution is 2.22. The fourth-order valence-electron chi connectivity index (χ4n) is 1.39. The first-order chi connectivity index (χ1) is 7.50. The third-order valence-corrected chi connectivity index (χ3v) is 3.24. The van der Waals surface area contributed by atoms with Gasteiger partial charge in [-0.15, -0.1) is 11.3 Å². The molecule has 0 saturated carbocycles. The van der Waals surface area contributed by atoms with E-state index in [2.05, 4.69) is 9.80 Å².